The predicted molar refractivity (Wildman–Crippen MR) is 86.6 cm³/mol. The molecule has 1 aromatic rings. The number of rotatable bonds is 3. The molecular formula is C16H21BrN2O2. The summed E-state index contributed by atoms with van der Waals surface area (Å²) in [5.74, 6) is 1.46. The van der Waals surface area contributed by atoms with Gasteiger partial charge in [-0.3, -0.25) is 4.79 Å². The van der Waals surface area contributed by atoms with Crippen LogP contribution in [-0.4, -0.2) is 25.1 Å². The van der Waals surface area contributed by atoms with E-state index in [1.165, 1.54) is 25.7 Å². The van der Waals surface area contributed by atoms with Crippen molar-refractivity contribution in [2.45, 2.75) is 44.2 Å². The van der Waals surface area contributed by atoms with E-state index in [-0.39, 0.29) is 11.9 Å². The number of ether oxygens (including phenoxy) is 1. The first-order chi connectivity index (χ1) is 10.2. The number of hydrogen-bond donors (Lipinski definition) is 2. The van der Waals surface area contributed by atoms with Gasteiger partial charge >= 0.3 is 0 Å². The molecule has 1 heterocycles. The Kier molecular flexibility index (Phi) is 4.50. The fraction of sp³-hybridized carbons (Fsp3) is 0.562. The third kappa shape index (κ3) is 3.24. The summed E-state index contributed by atoms with van der Waals surface area (Å²) >= 11 is 3.41. The summed E-state index contributed by atoms with van der Waals surface area (Å²) in [5, 5.41) is 6.49. The molecule has 0 spiro atoms. The normalized spacial score (nSPS) is 28.0. The van der Waals surface area contributed by atoms with E-state index >= 15 is 0 Å². The molecule has 0 radical (unpaired) electrons. The summed E-state index contributed by atoms with van der Waals surface area (Å²) in [5.41, 5.74) is 0.775. The molecule has 3 rings (SSSR count). The average Bonchev–Trinajstić information content (AvgIpc) is 2.93. The first-order valence-electron chi connectivity index (χ1n) is 7.58. The Morgan fingerprint density at radius 2 is 2.19 bits per heavy atom. The van der Waals surface area contributed by atoms with Crippen molar-refractivity contribution in [3.8, 4) is 5.75 Å². The zero-order chi connectivity index (χ0) is 14.8. The van der Waals surface area contributed by atoms with Gasteiger partial charge in [0.05, 0.1) is 17.6 Å². The molecule has 1 aliphatic carbocycles. The molecule has 114 valence electrons. The molecule has 3 atom stereocenters. The fourth-order valence-corrected chi connectivity index (χ4v) is 3.90. The van der Waals surface area contributed by atoms with E-state index in [1.54, 1.807) is 7.11 Å². The Bertz CT molecular complexity index is 521. The van der Waals surface area contributed by atoms with Crippen LogP contribution < -0.4 is 15.4 Å². The van der Waals surface area contributed by atoms with E-state index < -0.39 is 0 Å². The molecule has 1 aromatic carbocycles. The third-order valence-corrected chi connectivity index (χ3v) is 5.25. The molecule has 21 heavy (non-hydrogen) atoms. The maximum absolute atomic E-state index is 12.4. The largest absolute Gasteiger partial charge is 0.495 e. The van der Waals surface area contributed by atoms with Crippen molar-refractivity contribution in [1.29, 1.82) is 0 Å². The minimum Gasteiger partial charge on any atom is -0.495 e. The van der Waals surface area contributed by atoms with Crippen LogP contribution in [-0.2, 0) is 4.79 Å². The summed E-state index contributed by atoms with van der Waals surface area (Å²) in [6, 6.07) is 6.08. The maximum Gasteiger partial charge on any atom is 0.241 e. The SMILES string of the molecule is COc1cc(NC(=O)C2CC3CCCCC3N2)ccc1Br. The van der Waals surface area contributed by atoms with Crippen molar-refractivity contribution in [2.24, 2.45) is 5.92 Å². The lowest BCUT2D eigenvalue weighted by Gasteiger charge is -2.24. The second-order valence-electron chi connectivity index (χ2n) is 5.94. The van der Waals surface area contributed by atoms with Crippen LogP contribution in [0.15, 0.2) is 22.7 Å². The molecule has 1 saturated heterocycles. The van der Waals surface area contributed by atoms with Gasteiger partial charge in [-0.1, -0.05) is 12.8 Å². The number of carbonyl (C=O) groups is 1. The van der Waals surface area contributed by atoms with Gasteiger partial charge in [0.2, 0.25) is 5.91 Å². The number of fused-ring (bicyclic) bond motifs is 1. The third-order valence-electron chi connectivity index (χ3n) is 4.60. The van der Waals surface area contributed by atoms with E-state index in [0.29, 0.717) is 12.0 Å². The minimum absolute atomic E-state index is 0.0623. The molecule has 1 amide bonds. The van der Waals surface area contributed by atoms with Crippen molar-refractivity contribution in [3.63, 3.8) is 0 Å². The van der Waals surface area contributed by atoms with Gasteiger partial charge in [0, 0.05) is 17.8 Å². The molecule has 5 heteroatoms. The second kappa shape index (κ2) is 6.36. The Morgan fingerprint density at radius 1 is 1.38 bits per heavy atom. The quantitative estimate of drug-likeness (QED) is 0.877. The van der Waals surface area contributed by atoms with Gasteiger partial charge in [-0.05, 0) is 53.2 Å². The molecule has 2 aliphatic rings. The molecule has 3 unspecified atom stereocenters. The van der Waals surface area contributed by atoms with Crippen molar-refractivity contribution in [2.75, 3.05) is 12.4 Å². The molecule has 0 bridgehead atoms. The second-order valence-corrected chi connectivity index (χ2v) is 6.80. The summed E-state index contributed by atoms with van der Waals surface area (Å²) in [4.78, 5) is 12.4. The molecule has 0 aromatic heterocycles. The topological polar surface area (TPSA) is 50.4 Å². The number of halogens is 1. The zero-order valence-corrected chi connectivity index (χ0v) is 13.8. The molecule has 2 fully saturated rings. The highest BCUT2D eigenvalue weighted by atomic mass is 79.9. The van der Waals surface area contributed by atoms with Crippen LogP contribution in [0.5, 0.6) is 5.75 Å². The number of benzene rings is 1. The monoisotopic (exact) mass is 352 g/mol. The van der Waals surface area contributed by atoms with Crippen LogP contribution in [0.25, 0.3) is 0 Å². The number of methoxy groups -OCH3 is 1. The van der Waals surface area contributed by atoms with Crippen molar-refractivity contribution in [1.82, 2.24) is 5.32 Å². The average molecular weight is 353 g/mol. The van der Waals surface area contributed by atoms with Gasteiger partial charge in [-0.15, -0.1) is 0 Å². The van der Waals surface area contributed by atoms with E-state index in [4.69, 9.17) is 4.74 Å². The van der Waals surface area contributed by atoms with Crippen LogP contribution in [0.2, 0.25) is 0 Å². The number of amides is 1. The number of anilines is 1. The predicted octanol–water partition coefficient (Wildman–Crippen LogP) is 3.32. The lowest BCUT2D eigenvalue weighted by atomic mass is 9.85. The van der Waals surface area contributed by atoms with Gasteiger partial charge in [0.1, 0.15) is 5.75 Å². The number of carbonyl (C=O) groups excluding carboxylic acids is 1. The van der Waals surface area contributed by atoms with E-state index in [1.807, 2.05) is 18.2 Å². The van der Waals surface area contributed by atoms with Gasteiger partial charge in [0.25, 0.3) is 0 Å². The number of nitrogens with one attached hydrogen (secondary N) is 2. The summed E-state index contributed by atoms with van der Waals surface area (Å²) < 4.78 is 6.14. The van der Waals surface area contributed by atoms with Crippen LogP contribution >= 0.6 is 15.9 Å². The van der Waals surface area contributed by atoms with Crippen LogP contribution in [0.3, 0.4) is 0 Å². The molecule has 2 N–H and O–H groups in total. The summed E-state index contributed by atoms with van der Waals surface area (Å²) in [6.07, 6.45) is 6.02. The summed E-state index contributed by atoms with van der Waals surface area (Å²) in [6.45, 7) is 0. The first-order valence-corrected chi connectivity index (χ1v) is 8.37. The van der Waals surface area contributed by atoms with Crippen LogP contribution in [0.1, 0.15) is 32.1 Å². The van der Waals surface area contributed by atoms with Gasteiger partial charge in [-0.2, -0.15) is 0 Å². The highest BCUT2D eigenvalue weighted by molar-refractivity contribution is 9.10. The highest BCUT2D eigenvalue weighted by Crippen LogP contribution is 2.34. The van der Waals surface area contributed by atoms with Crippen LogP contribution in [0.4, 0.5) is 5.69 Å². The van der Waals surface area contributed by atoms with Crippen molar-refractivity contribution >= 4 is 27.5 Å². The van der Waals surface area contributed by atoms with E-state index in [2.05, 4.69) is 26.6 Å². The van der Waals surface area contributed by atoms with Gasteiger partial charge in [-0.25, -0.2) is 0 Å². The highest BCUT2D eigenvalue weighted by Gasteiger charge is 2.38. The molecule has 1 saturated carbocycles. The van der Waals surface area contributed by atoms with E-state index in [0.717, 1.165) is 22.3 Å². The minimum atomic E-state index is -0.0623. The van der Waals surface area contributed by atoms with Gasteiger partial charge in [0.15, 0.2) is 0 Å². The molecule has 4 nitrogen and oxygen atoms in total. The van der Waals surface area contributed by atoms with Crippen molar-refractivity contribution in [3.05, 3.63) is 22.7 Å². The van der Waals surface area contributed by atoms with Crippen LogP contribution in [0, 0.1) is 5.92 Å². The summed E-state index contributed by atoms with van der Waals surface area (Å²) in [7, 11) is 1.62. The van der Waals surface area contributed by atoms with E-state index in [9.17, 15) is 4.79 Å². The Labute approximate surface area is 133 Å². The Balaban J connectivity index is 1.64. The van der Waals surface area contributed by atoms with Crippen molar-refractivity contribution < 1.29 is 9.53 Å². The molecular weight excluding hydrogens is 332 g/mol. The number of hydrogen-bond acceptors (Lipinski definition) is 3. The smallest absolute Gasteiger partial charge is 0.241 e. The Morgan fingerprint density at radius 3 is 2.95 bits per heavy atom. The van der Waals surface area contributed by atoms with Gasteiger partial charge < -0.3 is 15.4 Å². The lowest BCUT2D eigenvalue weighted by molar-refractivity contribution is -0.117. The maximum atomic E-state index is 12.4. The lowest BCUT2D eigenvalue weighted by Crippen LogP contribution is -2.39. The fourth-order valence-electron chi connectivity index (χ4n) is 3.49. The Hall–Kier alpha value is -1.07. The zero-order valence-electron chi connectivity index (χ0n) is 12.2. The first kappa shape index (κ1) is 14.9. The standard InChI is InChI=1S/C16H21BrN2O2/c1-21-15-9-11(6-7-12(15)17)18-16(20)14-8-10-4-2-3-5-13(10)19-14/h6-7,9-10,13-14,19H,2-5,8H2,1H3,(H,18,20). The molecule has 1 aliphatic heterocycles.